The third-order valence-corrected chi connectivity index (χ3v) is 2.30. The van der Waals surface area contributed by atoms with Crippen LogP contribution in [0.15, 0.2) is 36.1 Å². The maximum Gasteiger partial charge on any atom is 0.321 e. The SMILES string of the molecule is C=C/C(=C\C=C(/C)OC)CC(NCC)C(=O)O. The van der Waals surface area contributed by atoms with E-state index in [2.05, 4.69) is 11.9 Å². The number of allylic oxidation sites excluding steroid dienone is 4. The first-order valence-electron chi connectivity index (χ1n) is 5.55. The van der Waals surface area contributed by atoms with Crippen molar-refractivity contribution in [1.29, 1.82) is 0 Å². The third-order valence-electron chi connectivity index (χ3n) is 2.30. The molecule has 4 heteroatoms. The van der Waals surface area contributed by atoms with Gasteiger partial charge >= 0.3 is 5.97 Å². The standard InChI is InChI=1S/C13H21NO3/c1-5-11(8-7-10(3)17-4)9-12(13(15)16)14-6-2/h5,7-8,12,14H,1,6,9H2,2-4H3,(H,15,16)/b10-7+,11-8+. The molecule has 0 aliphatic rings. The van der Waals surface area contributed by atoms with E-state index in [9.17, 15) is 4.79 Å². The molecule has 0 aromatic carbocycles. The van der Waals surface area contributed by atoms with Gasteiger partial charge in [0, 0.05) is 0 Å². The third kappa shape index (κ3) is 6.58. The highest BCUT2D eigenvalue weighted by molar-refractivity contribution is 5.74. The lowest BCUT2D eigenvalue weighted by molar-refractivity contribution is -0.139. The summed E-state index contributed by atoms with van der Waals surface area (Å²) in [6.45, 7) is 8.00. The number of hydrogen-bond acceptors (Lipinski definition) is 3. The molecule has 0 aromatic rings. The molecule has 96 valence electrons. The molecule has 0 saturated heterocycles. The molecular weight excluding hydrogens is 218 g/mol. The lowest BCUT2D eigenvalue weighted by Crippen LogP contribution is -2.36. The van der Waals surface area contributed by atoms with Gasteiger partial charge in [0.05, 0.1) is 12.9 Å². The van der Waals surface area contributed by atoms with Crippen molar-refractivity contribution >= 4 is 5.97 Å². The minimum Gasteiger partial charge on any atom is -0.501 e. The van der Waals surface area contributed by atoms with Crippen molar-refractivity contribution in [2.45, 2.75) is 26.3 Å². The van der Waals surface area contributed by atoms with Crippen LogP contribution in [-0.2, 0) is 9.53 Å². The summed E-state index contributed by atoms with van der Waals surface area (Å²) < 4.78 is 5.00. The topological polar surface area (TPSA) is 58.6 Å². The second-order valence-electron chi connectivity index (χ2n) is 3.58. The zero-order valence-corrected chi connectivity index (χ0v) is 10.7. The number of carboxylic acids is 1. The van der Waals surface area contributed by atoms with Gasteiger partial charge in [-0.2, -0.15) is 0 Å². The number of hydrogen-bond donors (Lipinski definition) is 2. The van der Waals surface area contributed by atoms with Gasteiger partial charge in [-0.05, 0) is 31.5 Å². The molecule has 0 aliphatic carbocycles. The second kappa shape index (κ2) is 8.58. The number of carboxylic acid groups (broad SMARTS) is 1. The Bertz CT molecular complexity index is 319. The Hall–Kier alpha value is -1.55. The lowest BCUT2D eigenvalue weighted by atomic mass is 10.1. The Balaban J connectivity index is 4.66. The summed E-state index contributed by atoms with van der Waals surface area (Å²) in [5.41, 5.74) is 0.856. The number of likely N-dealkylation sites (N-methyl/N-ethyl adjacent to an activating group) is 1. The molecule has 0 aliphatic heterocycles. The van der Waals surface area contributed by atoms with E-state index in [0.717, 1.165) is 11.3 Å². The zero-order valence-electron chi connectivity index (χ0n) is 10.7. The molecule has 2 N–H and O–H groups in total. The van der Waals surface area contributed by atoms with Crippen molar-refractivity contribution in [3.8, 4) is 0 Å². The Morgan fingerprint density at radius 2 is 2.18 bits per heavy atom. The molecule has 0 amide bonds. The molecule has 4 nitrogen and oxygen atoms in total. The fourth-order valence-corrected chi connectivity index (χ4v) is 1.24. The quantitative estimate of drug-likeness (QED) is 0.503. The molecule has 0 heterocycles. The monoisotopic (exact) mass is 239 g/mol. The van der Waals surface area contributed by atoms with Crippen molar-refractivity contribution in [1.82, 2.24) is 5.32 Å². The maximum atomic E-state index is 11.0. The number of rotatable bonds is 8. The highest BCUT2D eigenvalue weighted by Crippen LogP contribution is 2.08. The predicted molar refractivity (Wildman–Crippen MR) is 68.8 cm³/mol. The van der Waals surface area contributed by atoms with Crippen LogP contribution < -0.4 is 5.32 Å². The smallest absolute Gasteiger partial charge is 0.321 e. The summed E-state index contributed by atoms with van der Waals surface area (Å²) in [7, 11) is 1.59. The van der Waals surface area contributed by atoms with Crippen LogP contribution in [0.5, 0.6) is 0 Å². The molecule has 1 unspecified atom stereocenters. The first-order valence-corrected chi connectivity index (χ1v) is 5.55. The van der Waals surface area contributed by atoms with E-state index in [1.807, 2.05) is 19.9 Å². The summed E-state index contributed by atoms with van der Waals surface area (Å²) in [5, 5.41) is 11.9. The van der Waals surface area contributed by atoms with Crippen LogP contribution in [0, 0.1) is 0 Å². The zero-order chi connectivity index (χ0) is 13.3. The van der Waals surface area contributed by atoms with Crippen LogP contribution >= 0.6 is 0 Å². The van der Waals surface area contributed by atoms with E-state index in [-0.39, 0.29) is 0 Å². The van der Waals surface area contributed by atoms with Gasteiger partial charge in [-0.1, -0.05) is 25.7 Å². The minimum absolute atomic E-state index is 0.403. The fourth-order valence-electron chi connectivity index (χ4n) is 1.24. The van der Waals surface area contributed by atoms with E-state index in [0.29, 0.717) is 13.0 Å². The van der Waals surface area contributed by atoms with Gasteiger partial charge in [0.1, 0.15) is 6.04 Å². The molecule has 0 fully saturated rings. The summed E-state index contributed by atoms with van der Waals surface area (Å²) in [6.07, 6.45) is 5.67. The van der Waals surface area contributed by atoms with Gasteiger partial charge in [0.2, 0.25) is 0 Å². The number of aliphatic carboxylic acids is 1. The average molecular weight is 239 g/mol. The largest absolute Gasteiger partial charge is 0.501 e. The molecule has 0 radical (unpaired) electrons. The number of carbonyl (C=O) groups is 1. The van der Waals surface area contributed by atoms with Crippen molar-refractivity contribution in [3.05, 3.63) is 36.1 Å². The summed E-state index contributed by atoms with van der Waals surface area (Å²) in [4.78, 5) is 11.0. The number of nitrogens with one attached hydrogen (secondary N) is 1. The Kier molecular flexibility index (Phi) is 7.80. The summed E-state index contributed by atoms with van der Waals surface area (Å²) in [6, 6.07) is -0.583. The van der Waals surface area contributed by atoms with Crippen LogP contribution in [-0.4, -0.2) is 30.8 Å². The number of ether oxygens (including phenoxy) is 1. The summed E-state index contributed by atoms with van der Waals surface area (Å²) in [5.74, 6) is -0.0910. The van der Waals surface area contributed by atoms with Crippen molar-refractivity contribution in [2.75, 3.05) is 13.7 Å². The van der Waals surface area contributed by atoms with E-state index in [1.54, 1.807) is 19.3 Å². The first-order chi connectivity index (χ1) is 8.04. The highest BCUT2D eigenvalue weighted by Gasteiger charge is 2.16. The van der Waals surface area contributed by atoms with Gasteiger partial charge in [0.25, 0.3) is 0 Å². The van der Waals surface area contributed by atoms with Crippen molar-refractivity contribution < 1.29 is 14.6 Å². The van der Waals surface area contributed by atoms with Crippen LogP contribution in [0.1, 0.15) is 20.3 Å². The van der Waals surface area contributed by atoms with Gasteiger partial charge in [0.15, 0.2) is 0 Å². The van der Waals surface area contributed by atoms with E-state index in [4.69, 9.17) is 9.84 Å². The molecule has 1 atom stereocenters. The Labute approximate surface area is 103 Å². The van der Waals surface area contributed by atoms with Gasteiger partial charge < -0.3 is 15.2 Å². The minimum atomic E-state index is -0.855. The second-order valence-corrected chi connectivity index (χ2v) is 3.58. The molecular formula is C13H21NO3. The lowest BCUT2D eigenvalue weighted by Gasteiger charge is -2.13. The molecule has 0 spiro atoms. The van der Waals surface area contributed by atoms with Gasteiger partial charge in [-0.15, -0.1) is 0 Å². The van der Waals surface area contributed by atoms with Crippen molar-refractivity contribution in [3.63, 3.8) is 0 Å². The Morgan fingerprint density at radius 1 is 1.53 bits per heavy atom. The Morgan fingerprint density at radius 3 is 2.59 bits per heavy atom. The fraction of sp³-hybridized carbons (Fsp3) is 0.462. The van der Waals surface area contributed by atoms with Crippen LogP contribution in [0.3, 0.4) is 0 Å². The maximum absolute atomic E-state index is 11.0. The van der Waals surface area contributed by atoms with Crippen LogP contribution in [0.25, 0.3) is 0 Å². The molecule has 0 aromatic heterocycles. The normalized spacial score (nSPS) is 14.3. The van der Waals surface area contributed by atoms with Crippen molar-refractivity contribution in [2.24, 2.45) is 0 Å². The average Bonchev–Trinajstić information content (AvgIpc) is 2.32. The predicted octanol–water partition coefficient (Wildman–Crippen LogP) is 2.10. The van der Waals surface area contributed by atoms with Gasteiger partial charge in [-0.25, -0.2) is 0 Å². The van der Waals surface area contributed by atoms with Crippen LogP contribution in [0.2, 0.25) is 0 Å². The highest BCUT2D eigenvalue weighted by atomic mass is 16.5. The van der Waals surface area contributed by atoms with E-state index in [1.165, 1.54) is 0 Å². The van der Waals surface area contributed by atoms with Crippen LogP contribution in [0.4, 0.5) is 0 Å². The number of methoxy groups -OCH3 is 1. The molecule has 0 bridgehead atoms. The van der Waals surface area contributed by atoms with E-state index < -0.39 is 12.0 Å². The van der Waals surface area contributed by atoms with Gasteiger partial charge in [-0.3, -0.25) is 4.79 Å². The molecule has 17 heavy (non-hydrogen) atoms. The van der Waals surface area contributed by atoms with E-state index >= 15 is 0 Å². The molecule has 0 saturated carbocycles. The first kappa shape index (κ1) is 15.4. The molecule has 0 rings (SSSR count). The summed E-state index contributed by atoms with van der Waals surface area (Å²) >= 11 is 0.